The van der Waals surface area contributed by atoms with Crippen LogP contribution in [-0.4, -0.2) is 38.6 Å². The van der Waals surface area contributed by atoms with Crippen molar-refractivity contribution in [1.29, 1.82) is 0 Å². The van der Waals surface area contributed by atoms with E-state index in [1.807, 2.05) is 0 Å². The third-order valence-electron chi connectivity index (χ3n) is 6.97. The van der Waals surface area contributed by atoms with Gasteiger partial charge < -0.3 is 18.9 Å². The van der Waals surface area contributed by atoms with Crippen molar-refractivity contribution in [3.05, 3.63) is 57.6 Å². The van der Waals surface area contributed by atoms with Gasteiger partial charge in [-0.3, -0.25) is 0 Å². The quantitative estimate of drug-likeness (QED) is 0.525. The highest BCUT2D eigenvalue weighted by atomic mass is 16.6. The van der Waals surface area contributed by atoms with Gasteiger partial charge in [0.1, 0.15) is 36.9 Å². The molecule has 0 amide bonds. The lowest BCUT2D eigenvalue weighted by molar-refractivity contribution is 0.260. The average Bonchev–Trinajstić information content (AvgIpc) is 3.66. The van der Waals surface area contributed by atoms with Crippen LogP contribution in [-0.2, 0) is 9.47 Å². The van der Waals surface area contributed by atoms with E-state index in [9.17, 15) is 0 Å². The molecule has 0 radical (unpaired) electrons. The zero-order valence-electron chi connectivity index (χ0n) is 19.2. The molecule has 1 aliphatic carbocycles. The molecule has 0 bridgehead atoms. The molecular weight excluding hydrogens is 388 g/mol. The molecule has 31 heavy (non-hydrogen) atoms. The van der Waals surface area contributed by atoms with Crippen LogP contribution in [0.3, 0.4) is 0 Å². The maximum Gasteiger partial charge on any atom is 0.125 e. The fraction of sp³-hybridized carbons (Fsp3) is 0.556. The van der Waals surface area contributed by atoms with Crippen LogP contribution in [0.15, 0.2) is 24.3 Å². The van der Waals surface area contributed by atoms with Crippen LogP contribution in [0.5, 0.6) is 11.5 Å². The van der Waals surface area contributed by atoms with Gasteiger partial charge in [-0.25, -0.2) is 0 Å². The van der Waals surface area contributed by atoms with Gasteiger partial charge >= 0.3 is 0 Å². The van der Waals surface area contributed by atoms with Crippen molar-refractivity contribution >= 4 is 0 Å². The first-order chi connectivity index (χ1) is 15.0. The van der Waals surface area contributed by atoms with Crippen LogP contribution in [0.25, 0.3) is 0 Å². The molecule has 1 saturated carbocycles. The molecule has 4 nitrogen and oxygen atoms in total. The fourth-order valence-electron chi connectivity index (χ4n) is 5.16. The van der Waals surface area contributed by atoms with E-state index in [-0.39, 0.29) is 0 Å². The Kier molecular flexibility index (Phi) is 5.70. The molecule has 4 unspecified atom stereocenters. The summed E-state index contributed by atoms with van der Waals surface area (Å²) >= 11 is 0. The molecule has 3 aliphatic rings. The van der Waals surface area contributed by atoms with Gasteiger partial charge in [-0.05, 0) is 92.2 Å². The Hall–Kier alpha value is -2.04. The van der Waals surface area contributed by atoms with E-state index in [0.29, 0.717) is 37.3 Å². The summed E-state index contributed by atoms with van der Waals surface area (Å²) in [6.45, 7) is 11.7. The molecule has 3 fully saturated rings. The summed E-state index contributed by atoms with van der Waals surface area (Å²) in [5, 5.41) is 0. The van der Waals surface area contributed by atoms with Crippen LogP contribution in [0, 0.1) is 27.7 Å². The number of epoxide rings is 2. The second-order valence-electron chi connectivity index (χ2n) is 9.71. The number of hydrogen-bond donors (Lipinski definition) is 0. The summed E-state index contributed by atoms with van der Waals surface area (Å²) in [7, 11) is 0. The molecule has 4 atom stereocenters. The Balaban J connectivity index is 1.27. The van der Waals surface area contributed by atoms with Gasteiger partial charge in [0, 0.05) is 0 Å². The molecule has 4 heteroatoms. The van der Waals surface area contributed by atoms with E-state index in [1.165, 1.54) is 52.6 Å². The standard InChI is InChI=1S/C27H34O4/c1-16-7-22(8-17(2)26(16)30-14-24-12-28-24)20-5-6-21(11-20)23-9-18(3)27(19(4)10-23)31-15-25-13-29-25/h7-10,20-21,24-25H,5-6,11-15H2,1-4H3. The van der Waals surface area contributed by atoms with Gasteiger partial charge in [-0.1, -0.05) is 24.3 Å². The Labute approximate surface area is 185 Å². The van der Waals surface area contributed by atoms with Gasteiger partial charge in [0.05, 0.1) is 13.2 Å². The van der Waals surface area contributed by atoms with Gasteiger partial charge in [0.15, 0.2) is 0 Å². The van der Waals surface area contributed by atoms with E-state index in [2.05, 4.69) is 52.0 Å². The highest BCUT2D eigenvalue weighted by molar-refractivity contribution is 5.47. The minimum atomic E-state index is 0.291. The topological polar surface area (TPSA) is 43.5 Å². The molecule has 2 aliphatic heterocycles. The predicted molar refractivity (Wildman–Crippen MR) is 122 cm³/mol. The van der Waals surface area contributed by atoms with Crippen LogP contribution in [0.2, 0.25) is 0 Å². The van der Waals surface area contributed by atoms with Crippen LogP contribution < -0.4 is 9.47 Å². The van der Waals surface area contributed by atoms with Gasteiger partial charge in [-0.2, -0.15) is 0 Å². The Morgan fingerprint density at radius 2 is 1.03 bits per heavy atom. The highest BCUT2D eigenvalue weighted by Gasteiger charge is 2.29. The zero-order valence-corrected chi connectivity index (χ0v) is 19.2. The van der Waals surface area contributed by atoms with Gasteiger partial charge in [0.2, 0.25) is 0 Å². The maximum absolute atomic E-state index is 6.03. The first-order valence-corrected chi connectivity index (χ1v) is 11.7. The second kappa shape index (κ2) is 8.48. The summed E-state index contributed by atoms with van der Waals surface area (Å²) in [6, 6.07) is 9.38. The largest absolute Gasteiger partial charge is 0.490 e. The van der Waals surface area contributed by atoms with E-state index in [1.54, 1.807) is 0 Å². The molecule has 0 N–H and O–H groups in total. The second-order valence-corrected chi connectivity index (χ2v) is 9.71. The Morgan fingerprint density at radius 1 is 0.677 bits per heavy atom. The lowest BCUT2D eigenvalue weighted by Gasteiger charge is -2.19. The smallest absolute Gasteiger partial charge is 0.125 e. The Bertz CT molecular complexity index is 834. The van der Waals surface area contributed by atoms with Crippen molar-refractivity contribution in [3.63, 3.8) is 0 Å². The summed E-state index contributed by atoms with van der Waals surface area (Å²) in [5.74, 6) is 3.30. The monoisotopic (exact) mass is 422 g/mol. The summed E-state index contributed by atoms with van der Waals surface area (Å²) in [6.07, 6.45) is 4.29. The van der Waals surface area contributed by atoms with Crippen LogP contribution >= 0.6 is 0 Å². The maximum atomic E-state index is 6.03. The minimum Gasteiger partial charge on any atom is -0.490 e. The van der Waals surface area contributed by atoms with Crippen LogP contribution in [0.1, 0.15) is 64.5 Å². The van der Waals surface area contributed by atoms with Gasteiger partial charge in [0.25, 0.3) is 0 Å². The van der Waals surface area contributed by atoms with Crippen molar-refractivity contribution in [3.8, 4) is 11.5 Å². The van der Waals surface area contributed by atoms with Crippen molar-refractivity contribution in [2.24, 2.45) is 0 Å². The van der Waals surface area contributed by atoms with Crippen LogP contribution in [0.4, 0.5) is 0 Å². The van der Waals surface area contributed by atoms with Crippen molar-refractivity contribution in [2.45, 2.75) is 71.0 Å². The normalized spacial score (nSPS) is 26.7. The van der Waals surface area contributed by atoms with Crippen molar-refractivity contribution in [1.82, 2.24) is 0 Å². The third-order valence-corrected chi connectivity index (χ3v) is 6.97. The van der Waals surface area contributed by atoms with E-state index in [0.717, 1.165) is 24.7 Å². The number of ether oxygens (including phenoxy) is 4. The lowest BCUT2D eigenvalue weighted by Crippen LogP contribution is -2.07. The molecule has 2 heterocycles. The summed E-state index contributed by atoms with van der Waals surface area (Å²) < 4.78 is 22.6. The number of benzene rings is 2. The van der Waals surface area contributed by atoms with E-state index >= 15 is 0 Å². The van der Waals surface area contributed by atoms with E-state index < -0.39 is 0 Å². The molecular formula is C27H34O4. The third kappa shape index (κ3) is 4.75. The average molecular weight is 423 g/mol. The number of aryl methyl sites for hydroxylation is 4. The van der Waals surface area contributed by atoms with E-state index in [4.69, 9.17) is 18.9 Å². The Morgan fingerprint density at radius 3 is 1.35 bits per heavy atom. The molecule has 5 rings (SSSR count). The highest BCUT2D eigenvalue weighted by Crippen LogP contribution is 2.46. The predicted octanol–water partition coefficient (Wildman–Crippen LogP) is 5.53. The first-order valence-electron chi connectivity index (χ1n) is 11.7. The molecule has 0 aromatic heterocycles. The summed E-state index contributed by atoms with van der Waals surface area (Å²) in [5.41, 5.74) is 7.90. The molecule has 2 saturated heterocycles. The molecule has 0 spiro atoms. The van der Waals surface area contributed by atoms with Crippen molar-refractivity contribution < 1.29 is 18.9 Å². The van der Waals surface area contributed by atoms with Gasteiger partial charge in [-0.15, -0.1) is 0 Å². The molecule has 2 aromatic carbocycles. The minimum absolute atomic E-state index is 0.291. The fourth-order valence-corrected chi connectivity index (χ4v) is 5.16. The lowest BCUT2D eigenvalue weighted by atomic mass is 9.90. The SMILES string of the molecule is Cc1cc(C2CCC(c3cc(C)c(OCC4CO4)c(C)c3)C2)cc(C)c1OCC1CO1. The molecule has 166 valence electrons. The first kappa shape index (κ1) is 20.8. The zero-order chi connectivity index (χ0) is 21.5. The number of rotatable bonds is 8. The van der Waals surface area contributed by atoms with Crippen molar-refractivity contribution in [2.75, 3.05) is 26.4 Å². The summed E-state index contributed by atoms with van der Waals surface area (Å²) in [4.78, 5) is 0. The number of hydrogen-bond acceptors (Lipinski definition) is 4. The molecule has 2 aromatic rings.